The van der Waals surface area contributed by atoms with E-state index in [0.29, 0.717) is 39.3 Å². The Kier molecular flexibility index (Phi) is 14.6. The predicted octanol–water partition coefficient (Wildman–Crippen LogP) is 2.57. The van der Waals surface area contributed by atoms with Crippen LogP contribution in [-0.4, -0.2) is 95.8 Å². The number of aliphatic hydroxyl groups is 2. The number of rotatable bonds is 18. The Labute approximate surface area is 265 Å². The molecule has 246 valence electrons. The zero-order valence-corrected chi connectivity index (χ0v) is 27.4. The van der Waals surface area contributed by atoms with Crippen LogP contribution >= 0.6 is 11.3 Å². The van der Waals surface area contributed by atoms with Gasteiger partial charge in [0, 0.05) is 32.9 Å². The Morgan fingerprint density at radius 1 is 1.11 bits per heavy atom. The van der Waals surface area contributed by atoms with Crippen LogP contribution in [0.3, 0.4) is 0 Å². The number of amides is 2. The highest BCUT2D eigenvalue weighted by molar-refractivity contribution is 7.13. The maximum absolute atomic E-state index is 13.3. The van der Waals surface area contributed by atoms with Gasteiger partial charge in [-0.3, -0.25) is 14.5 Å². The second-order valence-corrected chi connectivity index (χ2v) is 13.3. The van der Waals surface area contributed by atoms with Crippen LogP contribution in [0.25, 0.3) is 10.4 Å². The van der Waals surface area contributed by atoms with Gasteiger partial charge < -0.3 is 36.1 Å². The monoisotopic (exact) mass is 633 g/mol. The first-order valence-electron chi connectivity index (χ1n) is 15.5. The molecule has 1 aliphatic heterocycles. The molecular formula is C32H51N5O6S. The van der Waals surface area contributed by atoms with Gasteiger partial charge in [0.1, 0.15) is 12.8 Å². The van der Waals surface area contributed by atoms with E-state index in [-0.39, 0.29) is 31.4 Å². The van der Waals surface area contributed by atoms with Gasteiger partial charge in [0.05, 0.1) is 34.3 Å². The lowest BCUT2D eigenvalue weighted by atomic mass is 9.85. The Bertz CT molecular complexity index is 1150. The zero-order chi connectivity index (χ0) is 32.1. The van der Waals surface area contributed by atoms with Crippen molar-refractivity contribution in [1.29, 1.82) is 0 Å². The van der Waals surface area contributed by atoms with Crippen LogP contribution in [0.2, 0.25) is 0 Å². The lowest BCUT2D eigenvalue weighted by molar-refractivity contribution is -0.136. The van der Waals surface area contributed by atoms with E-state index < -0.39 is 29.8 Å². The van der Waals surface area contributed by atoms with E-state index in [4.69, 9.17) is 15.2 Å². The third-order valence-electron chi connectivity index (χ3n) is 7.74. The number of aliphatic hydroxyl groups excluding tert-OH is 2. The Balaban J connectivity index is 1.49. The fourth-order valence-corrected chi connectivity index (χ4v) is 6.06. The smallest absolute Gasteiger partial charge is 0.246 e. The normalized spacial score (nSPS) is 18.7. The number of carbonyl (C=O) groups is 2. The maximum atomic E-state index is 13.3. The van der Waals surface area contributed by atoms with Gasteiger partial charge in [-0.25, -0.2) is 4.98 Å². The first-order chi connectivity index (χ1) is 21.0. The number of unbranched alkanes of at least 4 members (excludes halogenated alkanes) is 2. The highest BCUT2D eigenvalue weighted by Gasteiger charge is 2.45. The number of carbonyl (C=O) groups excluding carboxylic acids is 2. The summed E-state index contributed by atoms with van der Waals surface area (Å²) in [5, 5.41) is 27.8. The quantitative estimate of drug-likeness (QED) is 0.156. The Morgan fingerprint density at radius 3 is 2.48 bits per heavy atom. The average Bonchev–Trinajstić information content (AvgIpc) is 3.60. The predicted molar refractivity (Wildman–Crippen MR) is 172 cm³/mol. The molecule has 2 heterocycles. The van der Waals surface area contributed by atoms with E-state index in [0.717, 1.165) is 41.0 Å². The van der Waals surface area contributed by atoms with Gasteiger partial charge in [0.2, 0.25) is 11.8 Å². The highest BCUT2D eigenvalue weighted by atomic mass is 32.1. The van der Waals surface area contributed by atoms with Gasteiger partial charge >= 0.3 is 0 Å². The van der Waals surface area contributed by atoms with Gasteiger partial charge in [0.15, 0.2) is 0 Å². The van der Waals surface area contributed by atoms with Crippen LogP contribution in [0.5, 0.6) is 0 Å². The molecule has 2 amide bonds. The average molecular weight is 634 g/mol. The summed E-state index contributed by atoms with van der Waals surface area (Å²) in [6.07, 6.45) is 1.94. The van der Waals surface area contributed by atoms with Crippen molar-refractivity contribution in [2.75, 3.05) is 39.5 Å². The van der Waals surface area contributed by atoms with E-state index in [1.165, 1.54) is 0 Å². The number of aromatic nitrogens is 1. The molecule has 0 aliphatic carbocycles. The molecular weight excluding hydrogens is 582 g/mol. The lowest BCUT2D eigenvalue weighted by Gasteiger charge is -2.40. The topological polar surface area (TPSA) is 159 Å². The van der Waals surface area contributed by atoms with E-state index >= 15 is 0 Å². The first kappa shape index (κ1) is 36.0. The summed E-state index contributed by atoms with van der Waals surface area (Å²) in [6.45, 7) is 10.3. The van der Waals surface area contributed by atoms with E-state index in [9.17, 15) is 19.8 Å². The number of nitrogens with zero attached hydrogens (tertiary/aromatic N) is 2. The number of benzene rings is 1. The van der Waals surface area contributed by atoms with Gasteiger partial charge in [-0.05, 0) is 62.1 Å². The first-order valence-corrected chi connectivity index (χ1v) is 16.4. The standard InChI is InChI=1S/C32H51N5O6S/c1-22-28(44-21-35-22)24-11-9-23(10-12-24)18-34-30(40)26-17-25(38)19-37(26)31(41)29(32(2,3)4)36-27(39)20-43-16-8-15-42-14-7-5-6-13-33/h9-12,21,25-26,29,31,38,41H,5-8,13-20,33H2,1-4H3,(H,34,40)(H,36,39)/t25-,26+,29-,31?/m1/s1. The fourth-order valence-electron chi connectivity index (χ4n) is 5.25. The lowest BCUT2D eigenvalue weighted by Crippen LogP contribution is -2.60. The molecule has 0 bridgehead atoms. The van der Waals surface area contributed by atoms with Crippen LogP contribution < -0.4 is 16.4 Å². The van der Waals surface area contributed by atoms with Crippen molar-refractivity contribution in [3.63, 3.8) is 0 Å². The Morgan fingerprint density at radius 2 is 1.82 bits per heavy atom. The molecule has 0 radical (unpaired) electrons. The molecule has 11 nitrogen and oxygen atoms in total. The third kappa shape index (κ3) is 11.2. The van der Waals surface area contributed by atoms with E-state index in [1.807, 2.05) is 57.5 Å². The van der Waals surface area contributed by atoms with Crippen molar-refractivity contribution in [1.82, 2.24) is 20.5 Å². The molecule has 12 heteroatoms. The second-order valence-electron chi connectivity index (χ2n) is 12.5. The van der Waals surface area contributed by atoms with Crippen LogP contribution in [0, 0.1) is 12.3 Å². The maximum Gasteiger partial charge on any atom is 0.246 e. The van der Waals surface area contributed by atoms with Crippen molar-refractivity contribution in [2.45, 2.75) is 90.8 Å². The third-order valence-corrected chi connectivity index (χ3v) is 8.72. The summed E-state index contributed by atoms with van der Waals surface area (Å²) in [5.74, 6) is -0.642. The second kappa shape index (κ2) is 17.9. The van der Waals surface area contributed by atoms with Crippen LogP contribution in [-0.2, 0) is 25.6 Å². The molecule has 44 heavy (non-hydrogen) atoms. The number of ether oxygens (including phenoxy) is 2. The van der Waals surface area contributed by atoms with Crippen LogP contribution in [0.15, 0.2) is 29.8 Å². The van der Waals surface area contributed by atoms with Gasteiger partial charge in [-0.15, -0.1) is 11.3 Å². The molecule has 2 aromatic rings. The Hall–Kier alpha value is -2.45. The molecule has 6 N–H and O–H groups in total. The molecule has 1 saturated heterocycles. The minimum atomic E-state index is -1.19. The number of thiazole rings is 1. The van der Waals surface area contributed by atoms with Crippen LogP contribution in [0.4, 0.5) is 0 Å². The number of aryl methyl sites for hydroxylation is 1. The summed E-state index contributed by atoms with van der Waals surface area (Å²) < 4.78 is 11.1. The molecule has 1 unspecified atom stereocenters. The van der Waals surface area contributed by atoms with Gasteiger partial charge in [0.25, 0.3) is 0 Å². The largest absolute Gasteiger partial charge is 0.392 e. The highest BCUT2D eigenvalue weighted by Crippen LogP contribution is 2.29. The number of likely N-dealkylation sites (tertiary alicyclic amines) is 1. The molecule has 0 spiro atoms. The van der Waals surface area contributed by atoms with Gasteiger partial charge in [-0.1, -0.05) is 45.0 Å². The molecule has 4 atom stereocenters. The molecule has 1 aromatic heterocycles. The summed E-state index contributed by atoms with van der Waals surface area (Å²) in [7, 11) is 0. The van der Waals surface area contributed by atoms with Crippen molar-refractivity contribution < 1.29 is 29.3 Å². The molecule has 1 aliphatic rings. The van der Waals surface area contributed by atoms with E-state index in [2.05, 4.69) is 15.6 Å². The van der Waals surface area contributed by atoms with E-state index in [1.54, 1.807) is 16.2 Å². The number of nitrogens with two attached hydrogens (primary N) is 1. The molecule has 0 saturated carbocycles. The fraction of sp³-hybridized carbons (Fsp3) is 0.656. The minimum absolute atomic E-state index is 0.118. The summed E-state index contributed by atoms with van der Waals surface area (Å²) in [5.41, 5.74) is 9.76. The van der Waals surface area contributed by atoms with Gasteiger partial charge in [-0.2, -0.15) is 0 Å². The molecule has 1 fully saturated rings. The van der Waals surface area contributed by atoms with Crippen molar-refractivity contribution in [3.05, 3.63) is 41.0 Å². The van der Waals surface area contributed by atoms with Crippen molar-refractivity contribution in [2.24, 2.45) is 11.1 Å². The number of hydrogen-bond donors (Lipinski definition) is 5. The van der Waals surface area contributed by atoms with Crippen molar-refractivity contribution >= 4 is 23.2 Å². The minimum Gasteiger partial charge on any atom is -0.392 e. The number of β-amino-alcohol motifs (C(OH)–C–C–N with tert-alkyl or cyclic N) is 1. The van der Waals surface area contributed by atoms with Crippen LogP contribution in [0.1, 0.15) is 64.1 Å². The summed E-state index contributed by atoms with van der Waals surface area (Å²) in [6, 6.07) is 6.51. The summed E-state index contributed by atoms with van der Waals surface area (Å²) in [4.78, 5) is 33.1. The SMILES string of the molecule is Cc1ncsc1-c1ccc(CNC(=O)[C@@H]2C[C@@H](O)CN2C(O)[C@@H](NC(=O)COCCCOCCCCCN)C(C)(C)C)cc1. The molecule has 3 rings (SSSR count). The number of hydrogen-bond acceptors (Lipinski definition) is 10. The molecule has 1 aromatic carbocycles. The summed E-state index contributed by atoms with van der Waals surface area (Å²) >= 11 is 1.59. The van der Waals surface area contributed by atoms with Crippen molar-refractivity contribution in [3.8, 4) is 10.4 Å². The number of nitrogens with one attached hydrogen (secondary N) is 2. The zero-order valence-electron chi connectivity index (χ0n) is 26.6.